The third-order valence-electron chi connectivity index (χ3n) is 4.21. The van der Waals surface area contributed by atoms with Crippen molar-refractivity contribution in [2.45, 2.75) is 27.2 Å². The minimum absolute atomic E-state index is 0.0264. The van der Waals surface area contributed by atoms with Gasteiger partial charge in [0.2, 0.25) is 5.82 Å². The summed E-state index contributed by atoms with van der Waals surface area (Å²) in [6, 6.07) is 7.02. The molecule has 9 heteroatoms. The molecule has 142 valence electrons. The number of thiazole rings is 1. The summed E-state index contributed by atoms with van der Waals surface area (Å²) in [4.78, 5) is 26.1. The molecule has 0 aliphatic heterocycles. The number of halogens is 1. The van der Waals surface area contributed by atoms with Gasteiger partial charge in [-0.25, -0.2) is 18.9 Å². The van der Waals surface area contributed by atoms with Crippen LogP contribution in [0.25, 0.3) is 5.78 Å². The molecule has 7 nitrogen and oxygen atoms in total. The van der Waals surface area contributed by atoms with Gasteiger partial charge >= 0.3 is 0 Å². The van der Waals surface area contributed by atoms with Crippen molar-refractivity contribution in [2.24, 2.45) is 0 Å². The minimum Gasteiger partial charge on any atom is -0.295 e. The number of hydrogen-bond acceptors (Lipinski definition) is 6. The number of nitrogens with zero attached hydrogens (tertiary/aromatic N) is 5. The average Bonchev–Trinajstić information content (AvgIpc) is 3.25. The molecule has 28 heavy (non-hydrogen) atoms. The predicted molar refractivity (Wildman–Crippen MR) is 104 cm³/mol. The fourth-order valence-corrected chi connectivity index (χ4v) is 3.65. The monoisotopic (exact) mass is 396 g/mol. The van der Waals surface area contributed by atoms with Gasteiger partial charge in [-0.3, -0.25) is 10.1 Å². The molecular formula is C19H17FN6OS. The van der Waals surface area contributed by atoms with Gasteiger partial charge in [-0.1, -0.05) is 12.1 Å². The van der Waals surface area contributed by atoms with Gasteiger partial charge in [0.05, 0.1) is 0 Å². The molecule has 0 saturated heterocycles. The molecule has 0 spiro atoms. The average molecular weight is 396 g/mol. The Bertz CT molecular complexity index is 1200. The molecule has 3 aromatic heterocycles. The van der Waals surface area contributed by atoms with Crippen LogP contribution in [0.5, 0.6) is 0 Å². The SMILES string of the molecule is Cc1cc(C)n2nc(C(=O)Nc3ncc(Cc4ccc(C)c(F)c4)s3)nc2n1. The van der Waals surface area contributed by atoms with Crippen LogP contribution >= 0.6 is 11.3 Å². The first-order chi connectivity index (χ1) is 13.4. The van der Waals surface area contributed by atoms with Crippen LogP contribution in [0.3, 0.4) is 0 Å². The first-order valence-electron chi connectivity index (χ1n) is 8.61. The third-order valence-corrected chi connectivity index (χ3v) is 5.12. The van der Waals surface area contributed by atoms with E-state index in [9.17, 15) is 9.18 Å². The van der Waals surface area contributed by atoms with Gasteiger partial charge in [0.1, 0.15) is 5.82 Å². The van der Waals surface area contributed by atoms with Crippen molar-refractivity contribution in [3.05, 3.63) is 69.5 Å². The number of carbonyl (C=O) groups is 1. The Kier molecular flexibility index (Phi) is 4.60. The molecule has 1 amide bonds. The largest absolute Gasteiger partial charge is 0.297 e. The van der Waals surface area contributed by atoms with Gasteiger partial charge in [-0.2, -0.15) is 4.98 Å². The topological polar surface area (TPSA) is 85.1 Å². The number of aryl methyl sites for hydroxylation is 3. The van der Waals surface area contributed by atoms with Crippen LogP contribution < -0.4 is 5.32 Å². The zero-order valence-corrected chi connectivity index (χ0v) is 16.3. The summed E-state index contributed by atoms with van der Waals surface area (Å²) in [5, 5.41) is 7.35. The van der Waals surface area contributed by atoms with E-state index in [1.54, 1.807) is 19.2 Å². The molecule has 0 saturated carbocycles. The Hall–Kier alpha value is -3.20. The molecule has 4 aromatic rings. The van der Waals surface area contributed by atoms with Crippen LogP contribution in [0, 0.1) is 26.6 Å². The number of aromatic nitrogens is 5. The Morgan fingerprint density at radius 3 is 2.82 bits per heavy atom. The van der Waals surface area contributed by atoms with Crippen LogP contribution in [0.2, 0.25) is 0 Å². The molecule has 1 N–H and O–H groups in total. The molecule has 0 fully saturated rings. The highest BCUT2D eigenvalue weighted by Crippen LogP contribution is 2.22. The second kappa shape index (κ2) is 7.08. The van der Waals surface area contributed by atoms with E-state index in [4.69, 9.17) is 0 Å². The van der Waals surface area contributed by atoms with Crippen molar-refractivity contribution >= 4 is 28.2 Å². The summed E-state index contributed by atoms with van der Waals surface area (Å²) in [6.45, 7) is 5.46. The summed E-state index contributed by atoms with van der Waals surface area (Å²) in [5.41, 5.74) is 3.11. The van der Waals surface area contributed by atoms with Crippen molar-refractivity contribution in [1.29, 1.82) is 0 Å². The number of fused-ring (bicyclic) bond motifs is 1. The fraction of sp³-hybridized carbons (Fsp3) is 0.211. The van der Waals surface area contributed by atoms with Crippen LogP contribution in [-0.2, 0) is 6.42 Å². The van der Waals surface area contributed by atoms with Gasteiger partial charge in [0.15, 0.2) is 5.13 Å². The highest BCUT2D eigenvalue weighted by Gasteiger charge is 2.16. The van der Waals surface area contributed by atoms with E-state index in [0.29, 0.717) is 22.9 Å². The molecule has 4 rings (SSSR count). The maximum absolute atomic E-state index is 13.7. The Labute approximate surface area is 164 Å². The van der Waals surface area contributed by atoms with Crippen LogP contribution in [0.15, 0.2) is 30.5 Å². The van der Waals surface area contributed by atoms with Crippen molar-refractivity contribution in [1.82, 2.24) is 24.6 Å². The van der Waals surface area contributed by atoms with E-state index in [0.717, 1.165) is 21.8 Å². The lowest BCUT2D eigenvalue weighted by Crippen LogP contribution is -2.13. The van der Waals surface area contributed by atoms with E-state index in [2.05, 4.69) is 25.4 Å². The lowest BCUT2D eigenvalue weighted by atomic mass is 10.1. The number of hydrogen-bond donors (Lipinski definition) is 1. The third kappa shape index (κ3) is 3.61. The van der Waals surface area contributed by atoms with Gasteiger partial charge in [-0.05, 0) is 44.0 Å². The van der Waals surface area contributed by atoms with Crippen LogP contribution in [0.4, 0.5) is 9.52 Å². The van der Waals surface area contributed by atoms with E-state index < -0.39 is 5.91 Å². The maximum atomic E-state index is 13.7. The second-order valence-electron chi connectivity index (χ2n) is 6.53. The Morgan fingerprint density at radius 1 is 1.21 bits per heavy atom. The van der Waals surface area contributed by atoms with Crippen molar-refractivity contribution in [2.75, 3.05) is 5.32 Å². The maximum Gasteiger partial charge on any atom is 0.297 e. The summed E-state index contributed by atoms with van der Waals surface area (Å²) in [5.74, 6) is -0.278. The number of carbonyl (C=O) groups excluding carboxylic acids is 1. The second-order valence-corrected chi connectivity index (χ2v) is 7.65. The number of anilines is 1. The van der Waals surface area contributed by atoms with Crippen molar-refractivity contribution < 1.29 is 9.18 Å². The van der Waals surface area contributed by atoms with Gasteiger partial charge < -0.3 is 0 Å². The Balaban J connectivity index is 1.49. The molecule has 0 radical (unpaired) electrons. The molecule has 0 aliphatic rings. The summed E-state index contributed by atoms with van der Waals surface area (Å²) in [6.07, 6.45) is 2.21. The summed E-state index contributed by atoms with van der Waals surface area (Å²) >= 11 is 1.33. The fourth-order valence-electron chi connectivity index (χ4n) is 2.81. The van der Waals surface area contributed by atoms with Crippen molar-refractivity contribution in [3.8, 4) is 0 Å². The lowest BCUT2D eigenvalue weighted by Gasteiger charge is -2.01. The molecule has 0 aliphatic carbocycles. The first kappa shape index (κ1) is 18.2. The zero-order valence-electron chi connectivity index (χ0n) is 15.5. The molecule has 3 heterocycles. The van der Waals surface area contributed by atoms with E-state index >= 15 is 0 Å². The van der Waals surface area contributed by atoms with Gasteiger partial charge in [-0.15, -0.1) is 16.4 Å². The van der Waals surface area contributed by atoms with Crippen molar-refractivity contribution in [3.63, 3.8) is 0 Å². The summed E-state index contributed by atoms with van der Waals surface area (Å²) < 4.78 is 15.2. The number of nitrogens with one attached hydrogen (secondary N) is 1. The number of benzene rings is 1. The number of rotatable bonds is 4. The molecule has 0 atom stereocenters. The van der Waals surface area contributed by atoms with Gasteiger partial charge in [0, 0.05) is 28.9 Å². The minimum atomic E-state index is -0.454. The molecule has 0 bridgehead atoms. The standard InChI is InChI=1S/C19H17FN6OS/c1-10-4-5-13(8-15(10)20)7-14-9-21-19(28-14)24-17(27)16-23-18-22-11(2)6-12(3)26(18)25-16/h4-6,8-9H,7H2,1-3H3,(H,21,24,27). The highest BCUT2D eigenvalue weighted by atomic mass is 32.1. The zero-order chi connectivity index (χ0) is 19.8. The first-order valence-corrected chi connectivity index (χ1v) is 9.43. The van der Waals surface area contributed by atoms with Crippen LogP contribution in [0.1, 0.15) is 38.0 Å². The van der Waals surface area contributed by atoms with E-state index in [1.807, 2.05) is 26.0 Å². The van der Waals surface area contributed by atoms with E-state index in [-0.39, 0.29) is 11.6 Å². The van der Waals surface area contributed by atoms with E-state index in [1.165, 1.54) is 21.9 Å². The smallest absolute Gasteiger partial charge is 0.295 e. The predicted octanol–water partition coefficient (Wildman–Crippen LogP) is 3.49. The van der Waals surface area contributed by atoms with Gasteiger partial charge in [0.25, 0.3) is 11.7 Å². The van der Waals surface area contributed by atoms with Crippen LogP contribution in [-0.4, -0.2) is 30.5 Å². The molecule has 1 aromatic carbocycles. The normalized spacial score (nSPS) is 11.1. The lowest BCUT2D eigenvalue weighted by molar-refractivity contribution is 0.101. The molecular weight excluding hydrogens is 379 g/mol. The quantitative estimate of drug-likeness (QED) is 0.571. The highest BCUT2D eigenvalue weighted by molar-refractivity contribution is 7.15. The Morgan fingerprint density at radius 2 is 2.04 bits per heavy atom. The molecule has 0 unspecified atom stereocenters. The summed E-state index contributed by atoms with van der Waals surface area (Å²) in [7, 11) is 0. The number of amides is 1.